The van der Waals surface area contributed by atoms with Gasteiger partial charge in [-0.05, 0) is 50.0 Å². The van der Waals surface area contributed by atoms with Gasteiger partial charge in [0.25, 0.3) is 0 Å². The van der Waals surface area contributed by atoms with Crippen LogP contribution in [0.5, 0.6) is 0 Å². The lowest BCUT2D eigenvalue weighted by atomic mass is 9.90. The van der Waals surface area contributed by atoms with Crippen molar-refractivity contribution >= 4 is 0 Å². The molecule has 0 fully saturated rings. The molecular formula is C15H26O2. The van der Waals surface area contributed by atoms with E-state index in [0.29, 0.717) is 0 Å². The number of hydrogen-bond acceptors (Lipinski definition) is 2. The molecule has 1 aliphatic rings. The van der Waals surface area contributed by atoms with Crippen molar-refractivity contribution in [2.24, 2.45) is 0 Å². The maximum atomic E-state index is 9.89. The summed E-state index contributed by atoms with van der Waals surface area (Å²) in [5.41, 5.74) is 3.22. The van der Waals surface area contributed by atoms with Crippen LogP contribution in [0.1, 0.15) is 53.4 Å². The fraction of sp³-hybridized carbons (Fsp3) is 0.733. The summed E-state index contributed by atoms with van der Waals surface area (Å²) in [6, 6.07) is 0. The zero-order valence-corrected chi connectivity index (χ0v) is 11.6. The first kappa shape index (κ1) is 14.5. The Balaban J connectivity index is 2.43. The van der Waals surface area contributed by atoms with Gasteiger partial charge in [0.15, 0.2) is 0 Å². The number of rotatable bonds is 6. The summed E-state index contributed by atoms with van der Waals surface area (Å²) in [7, 11) is 0. The van der Waals surface area contributed by atoms with Crippen LogP contribution in [0.25, 0.3) is 0 Å². The molecule has 0 aliphatic heterocycles. The Kier molecular flexibility index (Phi) is 5.93. The predicted molar refractivity (Wildman–Crippen MR) is 72.0 cm³/mol. The van der Waals surface area contributed by atoms with Crippen LogP contribution in [-0.2, 0) is 4.74 Å². The highest BCUT2D eigenvalue weighted by molar-refractivity contribution is 5.35. The largest absolute Gasteiger partial charge is 0.384 e. The van der Waals surface area contributed by atoms with Crippen molar-refractivity contribution in [2.45, 2.75) is 65.6 Å². The van der Waals surface area contributed by atoms with Crippen molar-refractivity contribution < 1.29 is 9.84 Å². The zero-order chi connectivity index (χ0) is 12.8. The Morgan fingerprint density at radius 2 is 1.82 bits per heavy atom. The summed E-state index contributed by atoms with van der Waals surface area (Å²) in [6.45, 7) is 9.04. The van der Waals surface area contributed by atoms with Crippen LogP contribution in [0, 0.1) is 0 Å². The third-order valence-electron chi connectivity index (χ3n) is 3.60. The average molecular weight is 238 g/mol. The van der Waals surface area contributed by atoms with Gasteiger partial charge in [0.1, 0.15) is 0 Å². The van der Waals surface area contributed by atoms with Gasteiger partial charge in [-0.3, -0.25) is 0 Å². The smallest absolute Gasteiger partial charge is 0.0971 e. The average Bonchev–Trinajstić information content (AvgIpc) is 2.32. The van der Waals surface area contributed by atoms with Crippen LogP contribution in [0.2, 0.25) is 0 Å². The molecule has 0 saturated carbocycles. The lowest BCUT2D eigenvalue weighted by Crippen LogP contribution is -2.25. The highest BCUT2D eigenvalue weighted by Gasteiger charge is 2.22. The van der Waals surface area contributed by atoms with Gasteiger partial charge in [0.05, 0.1) is 12.2 Å². The first-order chi connectivity index (χ1) is 8.07. The minimum Gasteiger partial charge on any atom is -0.384 e. The molecule has 2 atom stereocenters. The number of unbranched alkanes of at least 4 members (excludes halogenated alkanes) is 3. The Hall–Kier alpha value is -0.600. The standard InChI is InChI=1S/C15H26O2/c1-5-6-7-8-9-17-14-10-11(2)15(16)13(4)12(14)3/h10,14-16H,5-9H2,1-4H3. The molecule has 17 heavy (non-hydrogen) atoms. The van der Waals surface area contributed by atoms with Gasteiger partial charge >= 0.3 is 0 Å². The highest BCUT2D eigenvalue weighted by Crippen LogP contribution is 2.26. The summed E-state index contributed by atoms with van der Waals surface area (Å²) in [5, 5.41) is 9.89. The third kappa shape index (κ3) is 3.97. The molecule has 98 valence electrons. The lowest BCUT2D eigenvalue weighted by molar-refractivity contribution is 0.0969. The van der Waals surface area contributed by atoms with Crippen LogP contribution in [0.4, 0.5) is 0 Å². The fourth-order valence-corrected chi connectivity index (χ4v) is 2.15. The molecule has 2 heteroatoms. The summed E-state index contributed by atoms with van der Waals surface area (Å²) in [4.78, 5) is 0. The van der Waals surface area contributed by atoms with Crippen molar-refractivity contribution in [3.63, 3.8) is 0 Å². The number of ether oxygens (including phenoxy) is 1. The second-order valence-electron chi connectivity index (χ2n) is 5.03. The molecule has 1 aliphatic carbocycles. The fourth-order valence-electron chi connectivity index (χ4n) is 2.15. The van der Waals surface area contributed by atoms with Gasteiger partial charge in [-0.15, -0.1) is 0 Å². The van der Waals surface area contributed by atoms with Crippen molar-refractivity contribution in [1.29, 1.82) is 0 Å². The molecule has 0 heterocycles. The maximum absolute atomic E-state index is 9.89. The molecule has 2 nitrogen and oxygen atoms in total. The Bertz CT molecular complexity index is 302. The minimum atomic E-state index is -0.407. The lowest BCUT2D eigenvalue weighted by Gasteiger charge is -2.27. The molecule has 1 N–H and O–H groups in total. The second-order valence-corrected chi connectivity index (χ2v) is 5.03. The number of aliphatic hydroxyl groups excluding tert-OH is 1. The summed E-state index contributed by atoms with van der Waals surface area (Å²) in [6.07, 6.45) is 6.63. The molecule has 0 bridgehead atoms. The van der Waals surface area contributed by atoms with Crippen LogP contribution in [0.15, 0.2) is 22.8 Å². The SMILES string of the molecule is CCCCCCOC1C=C(C)C(O)C(C)=C1C. The van der Waals surface area contributed by atoms with E-state index in [1.54, 1.807) is 0 Å². The van der Waals surface area contributed by atoms with Crippen molar-refractivity contribution in [2.75, 3.05) is 6.61 Å². The molecule has 0 aromatic rings. The Morgan fingerprint density at radius 3 is 2.47 bits per heavy atom. The summed E-state index contributed by atoms with van der Waals surface area (Å²) >= 11 is 0. The number of aliphatic hydroxyl groups is 1. The van der Waals surface area contributed by atoms with E-state index >= 15 is 0 Å². The van der Waals surface area contributed by atoms with Crippen LogP contribution in [-0.4, -0.2) is 23.9 Å². The van der Waals surface area contributed by atoms with E-state index in [2.05, 4.69) is 13.8 Å². The second kappa shape index (κ2) is 6.97. The van der Waals surface area contributed by atoms with Crippen LogP contribution < -0.4 is 0 Å². The van der Waals surface area contributed by atoms with E-state index in [0.717, 1.165) is 24.2 Å². The molecule has 0 radical (unpaired) electrons. The molecule has 0 amide bonds. The van der Waals surface area contributed by atoms with Gasteiger partial charge in [0.2, 0.25) is 0 Å². The summed E-state index contributed by atoms with van der Waals surface area (Å²) in [5.74, 6) is 0. The monoisotopic (exact) mass is 238 g/mol. The number of hydrogen-bond donors (Lipinski definition) is 1. The quantitative estimate of drug-likeness (QED) is 0.566. The van der Waals surface area contributed by atoms with Crippen LogP contribution in [0.3, 0.4) is 0 Å². The molecule has 0 saturated heterocycles. The van der Waals surface area contributed by atoms with Crippen molar-refractivity contribution in [3.05, 3.63) is 22.8 Å². The molecule has 2 unspecified atom stereocenters. The molecule has 0 aromatic carbocycles. The minimum absolute atomic E-state index is 0.0695. The first-order valence-electron chi connectivity index (χ1n) is 6.73. The Morgan fingerprint density at radius 1 is 1.12 bits per heavy atom. The predicted octanol–water partition coefficient (Wildman–Crippen LogP) is 3.61. The van der Waals surface area contributed by atoms with E-state index in [1.807, 2.05) is 19.9 Å². The van der Waals surface area contributed by atoms with Gasteiger partial charge < -0.3 is 9.84 Å². The third-order valence-corrected chi connectivity index (χ3v) is 3.60. The van der Waals surface area contributed by atoms with E-state index in [4.69, 9.17) is 4.74 Å². The van der Waals surface area contributed by atoms with Crippen LogP contribution >= 0.6 is 0 Å². The topological polar surface area (TPSA) is 29.5 Å². The molecule has 0 spiro atoms. The zero-order valence-electron chi connectivity index (χ0n) is 11.6. The summed E-state index contributed by atoms with van der Waals surface area (Å²) < 4.78 is 5.89. The molecular weight excluding hydrogens is 212 g/mol. The molecule has 0 aromatic heterocycles. The van der Waals surface area contributed by atoms with Gasteiger partial charge in [-0.25, -0.2) is 0 Å². The van der Waals surface area contributed by atoms with Gasteiger partial charge in [-0.2, -0.15) is 0 Å². The first-order valence-corrected chi connectivity index (χ1v) is 6.73. The normalized spacial score (nSPS) is 25.1. The molecule has 1 rings (SSSR count). The van der Waals surface area contributed by atoms with Gasteiger partial charge in [0, 0.05) is 6.61 Å². The van der Waals surface area contributed by atoms with E-state index in [-0.39, 0.29) is 6.10 Å². The van der Waals surface area contributed by atoms with E-state index in [9.17, 15) is 5.11 Å². The maximum Gasteiger partial charge on any atom is 0.0971 e. The van der Waals surface area contributed by atoms with Gasteiger partial charge in [-0.1, -0.05) is 26.2 Å². The van der Waals surface area contributed by atoms with Crippen molar-refractivity contribution in [3.8, 4) is 0 Å². The van der Waals surface area contributed by atoms with E-state index < -0.39 is 6.10 Å². The highest BCUT2D eigenvalue weighted by atomic mass is 16.5. The Labute approximate surface area is 105 Å². The van der Waals surface area contributed by atoms with Crippen molar-refractivity contribution in [1.82, 2.24) is 0 Å². The van der Waals surface area contributed by atoms with E-state index in [1.165, 1.54) is 24.8 Å².